The summed E-state index contributed by atoms with van der Waals surface area (Å²) >= 11 is 0. The van der Waals surface area contributed by atoms with Crippen molar-refractivity contribution >= 4 is 11.8 Å². The average Bonchev–Trinajstić information content (AvgIpc) is 2.41. The number of amides is 2. The zero-order chi connectivity index (χ0) is 13.8. The van der Waals surface area contributed by atoms with Gasteiger partial charge in [0.15, 0.2) is 0 Å². The van der Waals surface area contributed by atoms with Crippen molar-refractivity contribution in [1.82, 2.24) is 14.7 Å². The van der Waals surface area contributed by atoms with Crippen LogP contribution < -0.4 is 0 Å². The van der Waals surface area contributed by atoms with Crippen LogP contribution in [0.1, 0.15) is 19.8 Å². The molecule has 0 aliphatic carbocycles. The van der Waals surface area contributed by atoms with Crippen molar-refractivity contribution in [3.8, 4) is 0 Å². The van der Waals surface area contributed by atoms with E-state index in [0.717, 1.165) is 25.9 Å². The fourth-order valence-electron chi connectivity index (χ4n) is 2.65. The minimum Gasteiger partial charge on any atom is -0.335 e. The molecule has 5 heteroatoms. The second-order valence-electron chi connectivity index (χ2n) is 5.32. The molecule has 19 heavy (non-hydrogen) atoms. The molecule has 2 saturated heterocycles. The quantitative estimate of drug-likeness (QED) is 0.688. The normalized spacial score (nSPS) is 25.3. The van der Waals surface area contributed by atoms with E-state index in [2.05, 4.69) is 24.0 Å². The van der Waals surface area contributed by atoms with Gasteiger partial charge >= 0.3 is 0 Å². The van der Waals surface area contributed by atoms with Crippen LogP contribution in [0, 0.1) is 0 Å². The Balaban J connectivity index is 1.93. The van der Waals surface area contributed by atoms with Crippen LogP contribution >= 0.6 is 0 Å². The summed E-state index contributed by atoms with van der Waals surface area (Å²) in [6, 6.07) is -0.278. The number of unbranched alkanes of at least 4 members (excludes halogenated alkanes) is 1. The van der Waals surface area contributed by atoms with Crippen LogP contribution in [0.5, 0.6) is 0 Å². The first-order chi connectivity index (χ1) is 9.13. The third-order valence-corrected chi connectivity index (χ3v) is 3.80. The zero-order valence-corrected chi connectivity index (χ0v) is 11.8. The molecule has 2 fully saturated rings. The van der Waals surface area contributed by atoms with Gasteiger partial charge in [-0.1, -0.05) is 25.5 Å². The van der Waals surface area contributed by atoms with Crippen LogP contribution in [0.15, 0.2) is 12.2 Å². The van der Waals surface area contributed by atoms with Crippen molar-refractivity contribution in [2.24, 2.45) is 0 Å². The minimum atomic E-state index is -0.278. The number of hydrogen-bond donors (Lipinski definition) is 0. The summed E-state index contributed by atoms with van der Waals surface area (Å²) in [5, 5.41) is 0. The Morgan fingerprint density at radius 1 is 1.26 bits per heavy atom. The molecule has 2 rings (SSSR count). The molecule has 0 N–H and O–H groups in total. The maximum Gasteiger partial charge on any atom is 0.246 e. The van der Waals surface area contributed by atoms with Gasteiger partial charge in [-0.15, -0.1) is 0 Å². The predicted octanol–water partition coefficient (Wildman–Crippen LogP) is 0.328. The molecule has 2 amide bonds. The molecule has 0 spiro atoms. The Bertz CT molecular complexity index is 381. The molecule has 0 saturated carbocycles. The highest BCUT2D eigenvalue weighted by atomic mass is 16.2. The number of hydrogen-bond acceptors (Lipinski definition) is 3. The molecule has 2 aliphatic rings. The van der Waals surface area contributed by atoms with Crippen LogP contribution in [0.25, 0.3) is 0 Å². The van der Waals surface area contributed by atoms with Crippen LogP contribution in [0.4, 0.5) is 0 Å². The molecule has 2 aliphatic heterocycles. The second kappa shape index (κ2) is 6.19. The minimum absolute atomic E-state index is 0.0711. The van der Waals surface area contributed by atoms with E-state index >= 15 is 0 Å². The molecular weight excluding hydrogens is 242 g/mol. The summed E-state index contributed by atoms with van der Waals surface area (Å²) in [4.78, 5) is 29.5. The fourth-order valence-corrected chi connectivity index (χ4v) is 2.65. The van der Waals surface area contributed by atoms with Crippen LogP contribution in [0.2, 0.25) is 0 Å². The van der Waals surface area contributed by atoms with Gasteiger partial charge in [0.1, 0.15) is 6.04 Å². The monoisotopic (exact) mass is 265 g/mol. The SMILES string of the molecule is CCC/C=C/CN1CCN2C(=O)CN(C)C(=O)[C@@H]2C1. The van der Waals surface area contributed by atoms with E-state index in [0.29, 0.717) is 13.1 Å². The van der Waals surface area contributed by atoms with Crippen LogP contribution in [0.3, 0.4) is 0 Å². The number of carbonyl (C=O) groups excluding carboxylic acids is 2. The standard InChI is InChI=1S/C14H23N3O2/c1-3-4-5-6-7-16-8-9-17-12(10-16)14(19)15(2)11-13(17)18/h5-6,12H,3-4,7-11H2,1-2H3/b6-5+/t12-/m0/s1. The van der Waals surface area contributed by atoms with E-state index in [-0.39, 0.29) is 24.4 Å². The Hall–Kier alpha value is -1.36. The Kier molecular flexibility index (Phi) is 4.58. The summed E-state index contributed by atoms with van der Waals surface area (Å²) in [5.74, 6) is 0.148. The van der Waals surface area contributed by atoms with Gasteiger partial charge < -0.3 is 9.80 Å². The largest absolute Gasteiger partial charge is 0.335 e. The Labute approximate surface area is 114 Å². The molecule has 5 nitrogen and oxygen atoms in total. The van der Waals surface area contributed by atoms with Gasteiger partial charge in [-0.3, -0.25) is 14.5 Å². The Morgan fingerprint density at radius 3 is 2.79 bits per heavy atom. The van der Waals surface area contributed by atoms with Crippen molar-refractivity contribution in [2.45, 2.75) is 25.8 Å². The Morgan fingerprint density at radius 2 is 2.05 bits per heavy atom. The molecule has 106 valence electrons. The molecule has 0 unspecified atom stereocenters. The first-order valence-corrected chi connectivity index (χ1v) is 7.05. The zero-order valence-electron chi connectivity index (χ0n) is 11.8. The van der Waals surface area contributed by atoms with E-state index in [4.69, 9.17) is 0 Å². The van der Waals surface area contributed by atoms with Crippen molar-refractivity contribution in [3.05, 3.63) is 12.2 Å². The van der Waals surface area contributed by atoms with Gasteiger partial charge in [-0.25, -0.2) is 0 Å². The number of carbonyl (C=O) groups is 2. The van der Waals surface area contributed by atoms with Crippen molar-refractivity contribution in [3.63, 3.8) is 0 Å². The highest BCUT2D eigenvalue weighted by Crippen LogP contribution is 2.16. The molecule has 0 aromatic rings. The van der Waals surface area contributed by atoms with E-state index in [1.54, 1.807) is 16.8 Å². The van der Waals surface area contributed by atoms with Gasteiger partial charge in [0.05, 0.1) is 6.54 Å². The van der Waals surface area contributed by atoms with Gasteiger partial charge in [0.2, 0.25) is 11.8 Å². The van der Waals surface area contributed by atoms with Gasteiger partial charge in [0.25, 0.3) is 0 Å². The predicted molar refractivity (Wildman–Crippen MR) is 73.6 cm³/mol. The van der Waals surface area contributed by atoms with Gasteiger partial charge in [-0.05, 0) is 6.42 Å². The van der Waals surface area contributed by atoms with Gasteiger partial charge in [-0.2, -0.15) is 0 Å². The second-order valence-corrected chi connectivity index (χ2v) is 5.32. The van der Waals surface area contributed by atoms with Crippen molar-refractivity contribution < 1.29 is 9.59 Å². The van der Waals surface area contributed by atoms with E-state index in [1.807, 2.05) is 0 Å². The summed E-state index contributed by atoms with van der Waals surface area (Å²) in [7, 11) is 1.71. The fraction of sp³-hybridized carbons (Fsp3) is 0.714. The summed E-state index contributed by atoms with van der Waals surface area (Å²) in [5.41, 5.74) is 0. The maximum atomic E-state index is 12.1. The number of rotatable bonds is 4. The van der Waals surface area contributed by atoms with Crippen molar-refractivity contribution in [2.75, 3.05) is 39.8 Å². The number of allylic oxidation sites excluding steroid dienone is 1. The molecular formula is C14H23N3O2. The highest BCUT2D eigenvalue weighted by molar-refractivity contribution is 5.95. The van der Waals surface area contributed by atoms with E-state index in [1.165, 1.54) is 0 Å². The molecule has 1 atom stereocenters. The maximum absolute atomic E-state index is 12.1. The van der Waals surface area contributed by atoms with Crippen molar-refractivity contribution in [1.29, 1.82) is 0 Å². The lowest BCUT2D eigenvalue weighted by atomic mass is 10.1. The first kappa shape index (κ1) is 14.1. The number of likely N-dealkylation sites (N-methyl/N-ethyl adjacent to an activating group) is 1. The number of nitrogens with zero attached hydrogens (tertiary/aromatic N) is 3. The lowest BCUT2D eigenvalue weighted by Crippen LogP contribution is -2.66. The molecule has 0 aromatic heterocycles. The smallest absolute Gasteiger partial charge is 0.246 e. The van der Waals surface area contributed by atoms with Crippen LogP contribution in [-0.2, 0) is 9.59 Å². The molecule has 2 heterocycles. The van der Waals surface area contributed by atoms with E-state index < -0.39 is 0 Å². The highest BCUT2D eigenvalue weighted by Gasteiger charge is 2.40. The van der Waals surface area contributed by atoms with E-state index in [9.17, 15) is 9.59 Å². The lowest BCUT2D eigenvalue weighted by Gasteiger charge is -2.45. The van der Waals surface area contributed by atoms with Crippen LogP contribution in [-0.4, -0.2) is 72.3 Å². The first-order valence-electron chi connectivity index (χ1n) is 7.05. The third-order valence-electron chi connectivity index (χ3n) is 3.80. The lowest BCUT2D eigenvalue weighted by molar-refractivity contribution is -0.158. The summed E-state index contributed by atoms with van der Waals surface area (Å²) in [6.07, 6.45) is 6.61. The summed E-state index contributed by atoms with van der Waals surface area (Å²) < 4.78 is 0. The summed E-state index contributed by atoms with van der Waals surface area (Å²) in [6.45, 7) is 5.44. The van der Waals surface area contributed by atoms with Gasteiger partial charge in [0, 0.05) is 33.2 Å². The molecule has 0 radical (unpaired) electrons. The molecule has 0 aromatic carbocycles. The topological polar surface area (TPSA) is 43.9 Å². The number of piperazine rings is 2. The third kappa shape index (κ3) is 3.15. The average molecular weight is 265 g/mol. The number of fused-ring (bicyclic) bond motifs is 1. The molecule has 0 bridgehead atoms.